The molecule has 0 fully saturated rings. The molecule has 4 heteroatoms. The maximum absolute atomic E-state index is 13.3. The van der Waals surface area contributed by atoms with Crippen molar-refractivity contribution < 1.29 is 13.5 Å². The van der Waals surface area contributed by atoms with Gasteiger partial charge in [0.15, 0.2) is 17.4 Å². The van der Waals surface area contributed by atoms with Crippen LogP contribution in [0.3, 0.4) is 0 Å². The molecule has 0 heterocycles. The molecule has 0 bridgehead atoms. The van der Waals surface area contributed by atoms with Crippen molar-refractivity contribution in [3.05, 3.63) is 64.1 Å². The highest BCUT2D eigenvalue weighted by molar-refractivity contribution is 9.10. The molecule has 2 aromatic rings. The summed E-state index contributed by atoms with van der Waals surface area (Å²) in [6.07, 6.45) is 0. The van der Waals surface area contributed by atoms with Crippen molar-refractivity contribution in [3.8, 4) is 5.75 Å². The van der Waals surface area contributed by atoms with E-state index in [9.17, 15) is 8.78 Å². The molecule has 0 saturated heterocycles. The zero-order valence-electron chi connectivity index (χ0n) is 8.79. The highest BCUT2D eigenvalue weighted by Gasteiger charge is 2.09. The number of benzene rings is 2. The molecule has 0 radical (unpaired) electrons. The Morgan fingerprint density at radius 3 is 2.29 bits per heavy atom. The fourth-order valence-electron chi connectivity index (χ4n) is 1.40. The molecule has 0 atom stereocenters. The van der Waals surface area contributed by atoms with Crippen LogP contribution in [0.4, 0.5) is 8.78 Å². The molecule has 0 N–H and O–H groups in total. The van der Waals surface area contributed by atoms with E-state index in [1.165, 1.54) is 18.2 Å². The van der Waals surface area contributed by atoms with Crippen LogP contribution in [0.2, 0.25) is 0 Å². The van der Waals surface area contributed by atoms with Gasteiger partial charge in [0, 0.05) is 4.47 Å². The molecular formula is C13H9BrF2O. The summed E-state index contributed by atoms with van der Waals surface area (Å²) in [5.74, 6) is -1.73. The molecule has 0 aromatic heterocycles. The minimum Gasteiger partial charge on any atom is -0.483 e. The summed E-state index contributed by atoms with van der Waals surface area (Å²) in [4.78, 5) is 0. The summed E-state index contributed by atoms with van der Waals surface area (Å²) >= 11 is 3.31. The van der Waals surface area contributed by atoms with Crippen molar-refractivity contribution >= 4 is 15.9 Å². The van der Waals surface area contributed by atoms with Gasteiger partial charge in [-0.05, 0) is 29.8 Å². The van der Waals surface area contributed by atoms with Gasteiger partial charge in [-0.25, -0.2) is 8.78 Å². The SMILES string of the molecule is Fc1cccc(F)c1OCc1cccc(Br)c1. The van der Waals surface area contributed by atoms with E-state index in [1.807, 2.05) is 24.3 Å². The van der Waals surface area contributed by atoms with Crippen LogP contribution in [0, 0.1) is 11.6 Å². The van der Waals surface area contributed by atoms with Gasteiger partial charge in [0.25, 0.3) is 0 Å². The van der Waals surface area contributed by atoms with E-state index in [-0.39, 0.29) is 12.4 Å². The van der Waals surface area contributed by atoms with Crippen LogP contribution in [0.25, 0.3) is 0 Å². The van der Waals surface area contributed by atoms with Gasteiger partial charge in [-0.3, -0.25) is 0 Å². The number of hydrogen-bond donors (Lipinski definition) is 0. The number of ether oxygens (including phenoxy) is 1. The minimum atomic E-state index is -0.694. The molecule has 88 valence electrons. The Morgan fingerprint density at radius 2 is 1.65 bits per heavy atom. The summed E-state index contributed by atoms with van der Waals surface area (Å²) < 4.78 is 32.6. The molecule has 0 aliphatic carbocycles. The number of hydrogen-bond acceptors (Lipinski definition) is 1. The highest BCUT2D eigenvalue weighted by Crippen LogP contribution is 2.22. The zero-order valence-corrected chi connectivity index (χ0v) is 10.4. The Kier molecular flexibility index (Phi) is 3.74. The van der Waals surface area contributed by atoms with Gasteiger partial charge in [0.2, 0.25) is 0 Å². The molecule has 2 rings (SSSR count). The van der Waals surface area contributed by atoms with Gasteiger partial charge in [-0.15, -0.1) is 0 Å². The fourth-order valence-corrected chi connectivity index (χ4v) is 1.85. The Labute approximate surface area is 106 Å². The Balaban J connectivity index is 2.13. The zero-order chi connectivity index (χ0) is 12.3. The smallest absolute Gasteiger partial charge is 0.191 e. The van der Waals surface area contributed by atoms with E-state index in [2.05, 4.69) is 15.9 Å². The van der Waals surface area contributed by atoms with E-state index in [4.69, 9.17) is 4.74 Å². The molecule has 0 saturated carbocycles. The van der Waals surface area contributed by atoms with Crippen LogP contribution in [0.15, 0.2) is 46.9 Å². The van der Waals surface area contributed by atoms with Crippen molar-refractivity contribution in [3.63, 3.8) is 0 Å². The lowest BCUT2D eigenvalue weighted by atomic mass is 10.2. The second-order valence-electron chi connectivity index (χ2n) is 3.47. The van der Waals surface area contributed by atoms with E-state index in [1.54, 1.807) is 0 Å². The van der Waals surface area contributed by atoms with Crippen molar-refractivity contribution in [1.29, 1.82) is 0 Å². The molecular weight excluding hydrogens is 290 g/mol. The predicted molar refractivity (Wildman–Crippen MR) is 64.8 cm³/mol. The van der Waals surface area contributed by atoms with Gasteiger partial charge >= 0.3 is 0 Å². The average molecular weight is 299 g/mol. The maximum atomic E-state index is 13.3. The number of rotatable bonds is 3. The normalized spacial score (nSPS) is 10.3. The van der Waals surface area contributed by atoms with Crippen molar-refractivity contribution in [2.24, 2.45) is 0 Å². The summed E-state index contributed by atoms with van der Waals surface area (Å²) in [7, 11) is 0. The highest BCUT2D eigenvalue weighted by atomic mass is 79.9. The number of para-hydroxylation sites is 1. The van der Waals surface area contributed by atoms with Gasteiger partial charge < -0.3 is 4.74 Å². The molecule has 0 aliphatic heterocycles. The lowest BCUT2D eigenvalue weighted by molar-refractivity contribution is 0.274. The summed E-state index contributed by atoms with van der Waals surface area (Å²) in [5, 5.41) is 0. The summed E-state index contributed by atoms with van der Waals surface area (Å²) in [6, 6.07) is 11.0. The molecule has 0 amide bonds. The van der Waals surface area contributed by atoms with E-state index < -0.39 is 11.6 Å². The second-order valence-corrected chi connectivity index (χ2v) is 4.39. The molecule has 0 unspecified atom stereocenters. The first-order valence-electron chi connectivity index (χ1n) is 4.98. The third-order valence-corrected chi connectivity index (χ3v) is 2.68. The summed E-state index contributed by atoms with van der Waals surface area (Å²) in [5.41, 5.74) is 0.835. The second kappa shape index (κ2) is 5.27. The van der Waals surface area contributed by atoms with Crippen LogP contribution in [0.5, 0.6) is 5.75 Å². The van der Waals surface area contributed by atoms with Crippen LogP contribution < -0.4 is 4.74 Å². The van der Waals surface area contributed by atoms with Crippen LogP contribution >= 0.6 is 15.9 Å². The summed E-state index contributed by atoms with van der Waals surface area (Å²) in [6.45, 7) is 0.122. The average Bonchev–Trinajstić information content (AvgIpc) is 2.28. The Morgan fingerprint density at radius 1 is 1.00 bits per heavy atom. The van der Waals surface area contributed by atoms with Gasteiger partial charge in [-0.1, -0.05) is 34.1 Å². The minimum absolute atomic E-state index is 0.122. The van der Waals surface area contributed by atoms with Gasteiger partial charge in [0.05, 0.1) is 0 Å². The first-order valence-corrected chi connectivity index (χ1v) is 5.77. The molecule has 1 nitrogen and oxygen atoms in total. The standard InChI is InChI=1S/C13H9BrF2O/c14-10-4-1-3-9(7-10)8-17-13-11(15)5-2-6-12(13)16/h1-7H,8H2. The third-order valence-electron chi connectivity index (χ3n) is 2.19. The maximum Gasteiger partial charge on any atom is 0.191 e. The van der Waals surface area contributed by atoms with Crippen molar-refractivity contribution in [1.82, 2.24) is 0 Å². The Bertz CT molecular complexity index is 508. The van der Waals surface area contributed by atoms with E-state index in [0.29, 0.717) is 0 Å². The fraction of sp³-hybridized carbons (Fsp3) is 0.0769. The monoisotopic (exact) mass is 298 g/mol. The largest absolute Gasteiger partial charge is 0.483 e. The molecule has 2 aromatic carbocycles. The lowest BCUT2D eigenvalue weighted by Gasteiger charge is -2.08. The van der Waals surface area contributed by atoms with Crippen molar-refractivity contribution in [2.75, 3.05) is 0 Å². The van der Waals surface area contributed by atoms with Gasteiger partial charge in [-0.2, -0.15) is 0 Å². The molecule has 0 spiro atoms. The quantitative estimate of drug-likeness (QED) is 0.820. The van der Waals surface area contributed by atoms with E-state index >= 15 is 0 Å². The first-order chi connectivity index (χ1) is 8.16. The van der Waals surface area contributed by atoms with Gasteiger partial charge in [0.1, 0.15) is 6.61 Å². The van der Waals surface area contributed by atoms with Crippen LogP contribution in [0.1, 0.15) is 5.56 Å². The van der Waals surface area contributed by atoms with Crippen LogP contribution in [-0.4, -0.2) is 0 Å². The third kappa shape index (κ3) is 3.03. The van der Waals surface area contributed by atoms with E-state index in [0.717, 1.165) is 10.0 Å². The molecule has 0 aliphatic rings. The number of halogens is 3. The predicted octanol–water partition coefficient (Wildman–Crippen LogP) is 4.31. The molecule has 17 heavy (non-hydrogen) atoms. The Hall–Kier alpha value is -1.42. The lowest BCUT2D eigenvalue weighted by Crippen LogP contribution is -1.99. The topological polar surface area (TPSA) is 9.23 Å². The van der Waals surface area contributed by atoms with Crippen molar-refractivity contribution in [2.45, 2.75) is 6.61 Å². The van der Waals surface area contributed by atoms with Crippen LogP contribution in [-0.2, 0) is 6.61 Å². The first kappa shape index (κ1) is 12.0.